The molecular weight excluding hydrogens is 238 g/mol. The number of aliphatic hydroxyl groups is 1. The zero-order valence-electron chi connectivity index (χ0n) is 10.8. The molecule has 7 nitrogen and oxygen atoms in total. The van der Waals surface area contributed by atoms with E-state index in [0.29, 0.717) is 19.3 Å². The summed E-state index contributed by atoms with van der Waals surface area (Å²) < 4.78 is 4.74. The van der Waals surface area contributed by atoms with E-state index in [9.17, 15) is 9.59 Å². The molecule has 0 aliphatic rings. The lowest BCUT2D eigenvalue weighted by molar-refractivity contribution is -0.152. The van der Waals surface area contributed by atoms with Crippen LogP contribution in [0.15, 0.2) is 5.11 Å². The molecule has 1 atom stereocenters. The lowest BCUT2D eigenvalue weighted by Crippen LogP contribution is -2.42. The van der Waals surface area contributed by atoms with Crippen molar-refractivity contribution in [1.82, 2.24) is 0 Å². The third-order valence-electron chi connectivity index (χ3n) is 2.52. The second-order valence-corrected chi connectivity index (χ2v) is 3.94. The molecule has 0 saturated heterocycles. The Bertz CT molecular complexity index is 339. The molecule has 0 heterocycles. The van der Waals surface area contributed by atoms with E-state index < -0.39 is 17.3 Å². The van der Waals surface area contributed by atoms with Gasteiger partial charge in [-0.3, -0.25) is 9.59 Å². The van der Waals surface area contributed by atoms with E-state index in [1.54, 1.807) is 6.92 Å². The first-order chi connectivity index (χ1) is 8.52. The number of hydrogen-bond acceptors (Lipinski definition) is 5. The maximum Gasteiger partial charge on any atom is 0.325 e. The van der Waals surface area contributed by atoms with Crippen molar-refractivity contribution in [2.24, 2.45) is 5.11 Å². The van der Waals surface area contributed by atoms with Crippen molar-refractivity contribution in [3.63, 3.8) is 0 Å². The summed E-state index contributed by atoms with van der Waals surface area (Å²) in [6.45, 7) is 3.06. The smallest absolute Gasteiger partial charge is 0.325 e. The van der Waals surface area contributed by atoms with Crippen LogP contribution in [0.2, 0.25) is 0 Å². The monoisotopic (exact) mass is 257 g/mol. The SMILES string of the molecule is CCOC(=O)C(C)(N=[N+]=[N-])C(=O)CCCCCO. The largest absolute Gasteiger partial charge is 0.465 e. The topological polar surface area (TPSA) is 112 Å². The van der Waals surface area contributed by atoms with Crippen LogP contribution in [0.3, 0.4) is 0 Å². The van der Waals surface area contributed by atoms with Gasteiger partial charge in [0.15, 0.2) is 5.78 Å². The average Bonchev–Trinajstić information content (AvgIpc) is 2.34. The number of azide groups is 1. The minimum Gasteiger partial charge on any atom is -0.465 e. The van der Waals surface area contributed by atoms with Gasteiger partial charge >= 0.3 is 5.97 Å². The van der Waals surface area contributed by atoms with Gasteiger partial charge in [-0.1, -0.05) is 11.5 Å². The summed E-state index contributed by atoms with van der Waals surface area (Å²) in [4.78, 5) is 26.1. The molecule has 0 spiro atoms. The molecule has 0 aromatic heterocycles. The van der Waals surface area contributed by atoms with Gasteiger partial charge in [-0.25, -0.2) is 0 Å². The fraction of sp³-hybridized carbons (Fsp3) is 0.818. The summed E-state index contributed by atoms with van der Waals surface area (Å²) in [6, 6.07) is 0. The molecule has 0 saturated carbocycles. The number of carbonyl (C=O) groups excluding carboxylic acids is 2. The molecule has 0 rings (SSSR count). The van der Waals surface area contributed by atoms with Gasteiger partial charge in [0.2, 0.25) is 5.54 Å². The summed E-state index contributed by atoms with van der Waals surface area (Å²) in [5, 5.41) is 11.9. The summed E-state index contributed by atoms with van der Waals surface area (Å²) in [6.07, 6.45) is 1.94. The number of nitrogens with zero attached hydrogens (tertiary/aromatic N) is 3. The van der Waals surface area contributed by atoms with E-state index >= 15 is 0 Å². The molecule has 102 valence electrons. The predicted molar refractivity (Wildman–Crippen MR) is 64.7 cm³/mol. The van der Waals surface area contributed by atoms with Crippen molar-refractivity contribution >= 4 is 11.8 Å². The van der Waals surface area contributed by atoms with Crippen LogP contribution in [-0.4, -0.2) is 35.6 Å². The molecule has 0 bridgehead atoms. The Kier molecular flexibility index (Phi) is 7.74. The highest BCUT2D eigenvalue weighted by molar-refractivity contribution is 6.08. The Morgan fingerprint density at radius 3 is 2.56 bits per heavy atom. The molecule has 0 amide bonds. The number of unbranched alkanes of at least 4 members (excludes halogenated alkanes) is 2. The molecule has 0 radical (unpaired) electrons. The number of hydrogen-bond donors (Lipinski definition) is 1. The molecule has 0 fully saturated rings. The molecule has 1 unspecified atom stereocenters. The fourth-order valence-electron chi connectivity index (χ4n) is 1.39. The lowest BCUT2D eigenvalue weighted by Gasteiger charge is -2.20. The van der Waals surface area contributed by atoms with Crippen LogP contribution in [0, 0.1) is 0 Å². The molecule has 0 aromatic carbocycles. The molecule has 7 heteroatoms. The Hall–Kier alpha value is -1.59. The van der Waals surface area contributed by atoms with Crippen LogP contribution in [0.1, 0.15) is 39.5 Å². The Balaban J connectivity index is 4.62. The molecule has 0 aliphatic carbocycles. The standard InChI is InChI=1S/C11H19N3O4/c1-3-18-10(17)11(2,13-14-12)9(16)7-5-4-6-8-15/h15H,3-8H2,1-2H3. The second-order valence-electron chi connectivity index (χ2n) is 3.94. The van der Waals surface area contributed by atoms with Gasteiger partial charge in [0.25, 0.3) is 0 Å². The van der Waals surface area contributed by atoms with Crippen molar-refractivity contribution in [3.05, 3.63) is 10.4 Å². The number of rotatable bonds is 9. The first kappa shape index (κ1) is 16.4. The normalized spacial score (nSPS) is 13.3. The minimum absolute atomic E-state index is 0.0691. The zero-order chi connectivity index (χ0) is 14.0. The van der Waals surface area contributed by atoms with E-state index in [-0.39, 0.29) is 19.6 Å². The van der Waals surface area contributed by atoms with Crippen LogP contribution in [0.25, 0.3) is 10.4 Å². The van der Waals surface area contributed by atoms with Crippen LogP contribution >= 0.6 is 0 Å². The molecule has 18 heavy (non-hydrogen) atoms. The van der Waals surface area contributed by atoms with Crippen molar-refractivity contribution in [2.45, 2.75) is 45.1 Å². The lowest BCUT2D eigenvalue weighted by atomic mass is 9.93. The molecule has 0 aromatic rings. The van der Waals surface area contributed by atoms with Crippen molar-refractivity contribution < 1.29 is 19.4 Å². The number of esters is 1. The molecule has 0 aliphatic heterocycles. The second kappa shape index (κ2) is 8.49. The fourth-order valence-corrected chi connectivity index (χ4v) is 1.39. The van der Waals surface area contributed by atoms with Crippen molar-refractivity contribution in [2.75, 3.05) is 13.2 Å². The summed E-state index contributed by atoms with van der Waals surface area (Å²) in [5.74, 6) is -1.29. The number of Topliss-reactive ketones (excluding diaryl/α,β-unsaturated/α-hetero) is 1. The number of carbonyl (C=O) groups is 2. The van der Waals surface area contributed by atoms with Crippen LogP contribution in [0.4, 0.5) is 0 Å². The first-order valence-electron chi connectivity index (χ1n) is 5.90. The minimum atomic E-state index is -1.79. The van der Waals surface area contributed by atoms with Crippen molar-refractivity contribution in [3.8, 4) is 0 Å². The van der Waals surface area contributed by atoms with E-state index in [0.717, 1.165) is 0 Å². The third kappa shape index (κ3) is 4.73. The van der Waals surface area contributed by atoms with Gasteiger partial charge in [-0.05, 0) is 32.2 Å². The Morgan fingerprint density at radius 2 is 2.06 bits per heavy atom. The number of ether oxygens (including phenoxy) is 1. The maximum absolute atomic E-state index is 11.9. The Morgan fingerprint density at radius 1 is 1.39 bits per heavy atom. The number of ketones is 1. The van der Waals surface area contributed by atoms with Crippen LogP contribution in [0.5, 0.6) is 0 Å². The average molecular weight is 257 g/mol. The van der Waals surface area contributed by atoms with Crippen LogP contribution in [-0.2, 0) is 14.3 Å². The van der Waals surface area contributed by atoms with Gasteiger partial charge in [-0.15, -0.1) is 0 Å². The quantitative estimate of drug-likeness (QED) is 0.169. The summed E-state index contributed by atoms with van der Waals surface area (Å²) in [5.41, 5.74) is 6.66. The van der Waals surface area contributed by atoms with Gasteiger partial charge in [0.1, 0.15) is 0 Å². The number of aliphatic hydroxyl groups excluding tert-OH is 1. The molecular formula is C11H19N3O4. The zero-order valence-corrected chi connectivity index (χ0v) is 10.8. The van der Waals surface area contributed by atoms with Gasteiger partial charge in [0.05, 0.1) is 6.61 Å². The van der Waals surface area contributed by atoms with Gasteiger partial charge < -0.3 is 9.84 Å². The van der Waals surface area contributed by atoms with Gasteiger partial charge in [0, 0.05) is 17.9 Å². The van der Waals surface area contributed by atoms with E-state index in [4.69, 9.17) is 15.4 Å². The maximum atomic E-state index is 11.9. The van der Waals surface area contributed by atoms with Gasteiger partial charge in [-0.2, -0.15) is 0 Å². The van der Waals surface area contributed by atoms with E-state index in [2.05, 4.69) is 10.0 Å². The van der Waals surface area contributed by atoms with E-state index in [1.165, 1.54) is 6.92 Å². The third-order valence-corrected chi connectivity index (χ3v) is 2.52. The molecule has 1 N–H and O–H groups in total. The van der Waals surface area contributed by atoms with Crippen LogP contribution < -0.4 is 0 Å². The summed E-state index contributed by atoms with van der Waals surface area (Å²) >= 11 is 0. The highest BCUT2D eigenvalue weighted by atomic mass is 16.5. The first-order valence-corrected chi connectivity index (χ1v) is 5.90. The summed E-state index contributed by atoms with van der Waals surface area (Å²) in [7, 11) is 0. The highest BCUT2D eigenvalue weighted by Crippen LogP contribution is 2.18. The predicted octanol–water partition coefficient (Wildman–Crippen LogP) is 1.74. The highest BCUT2D eigenvalue weighted by Gasteiger charge is 2.41. The van der Waals surface area contributed by atoms with E-state index in [1.807, 2.05) is 0 Å². The Labute approximate surface area is 106 Å². The van der Waals surface area contributed by atoms with Crippen molar-refractivity contribution in [1.29, 1.82) is 0 Å².